The Morgan fingerprint density at radius 1 is 1.22 bits per heavy atom. The minimum absolute atomic E-state index is 0.102. The van der Waals surface area contributed by atoms with Crippen molar-refractivity contribution >= 4 is 16.9 Å². The van der Waals surface area contributed by atoms with Crippen molar-refractivity contribution in [2.75, 3.05) is 0 Å². The first kappa shape index (κ1) is 14.8. The SMILES string of the molecule is Cc1cnc(C(=O)O[C@H](C)c2nc3ccccc3c(=O)[nH]2)cn1. The maximum atomic E-state index is 12.0. The predicted octanol–water partition coefficient (Wildman–Crippen LogP) is 1.94. The number of aromatic amines is 1. The van der Waals surface area contributed by atoms with Crippen LogP contribution >= 0.6 is 0 Å². The quantitative estimate of drug-likeness (QED) is 0.742. The van der Waals surface area contributed by atoms with Crippen LogP contribution in [0.5, 0.6) is 0 Å². The topological polar surface area (TPSA) is 97.8 Å². The normalized spacial score (nSPS) is 12.1. The molecule has 3 rings (SSSR count). The number of nitrogens with one attached hydrogen (secondary N) is 1. The van der Waals surface area contributed by atoms with Gasteiger partial charge in [-0.3, -0.25) is 9.78 Å². The first-order valence-corrected chi connectivity index (χ1v) is 7.03. The molecule has 0 aliphatic heterocycles. The van der Waals surface area contributed by atoms with Gasteiger partial charge in [0.25, 0.3) is 5.56 Å². The molecule has 0 aliphatic carbocycles. The molecule has 7 heteroatoms. The fraction of sp³-hybridized carbons (Fsp3) is 0.188. The number of carbonyl (C=O) groups excluding carboxylic acids is 1. The van der Waals surface area contributed by atoms with E-state index in [-0.39, 0.29) is 17.1 Å². The van der Waals surface area contributed by atoms with Gasteiger partial charge in [0, 0.05) is 6.20 Å². The number of aryl methyl sites for hydroxylation is 1. The highest BCUT2D eigenvalue weighted by Gasteiger charge is 2.18. The highest BCUT2D eigenvalue weighted by atomic mass is 16.5. The number of hydrogen-bond donors (Lipinski definition) is 1. The second-order valence-corrected chi connectivity index (χ2v) is 5.06. The van der Waals surface area contributed by atoms with E-state index in [0.717, 1.165) is 0 Å². The number of carbonyl (C=O) groups is 1. The van der Waals surface area contributed by atoms with Crippen LogP contribution in [0, 0.1) is 6.92 Å². The number of fused-ring (bicyclic) bond motifs is 1. The Hall–Kier alpha value is -3.09. The Morgan fingerprint density at radius 3 is 2.74 bits per heavy atom. The average molecular weight is 310 g/mol. The zero-order valence-corrected chi connectivity index (χ0v) is 12.6. The van der Waals surface area contributed by atoms with Crippen LogP contribution in [0.1, 0.15) is 35.0 Å². The van der Waals surface area contributed by atoms with Gasteiger partial charge in [-0.05, 0) is 26.0 Å². The smallest absolute Gasteiger partial charge is 0.359 e. The summed E-state index contributed by atoms with van der Waals surface area (Å²) in [4.78, 5) is 39.0. The number of H-pyrrole nitrogens is 1. The van der Waals surface area contributed by atoms with Gasteiger partial charge in [-0.2, -0.15) is 0 Å². The predicted molar refractivity (Wildman–Crippen MR) is 83.0 cm³/mol. The summed E-state index contributed by atoms with van der Waals surface area (Å²) in [5, 5.41) is 0.485. The molecular weight excluding hydrogens is 296 g/mol. The summed E-state index contributed by atoms with van der Waals surface area (Å²) in [7, 11) is 0. The summed E-state index contributed by atoms with van der Waals surface area (Å²) in [6.45, 7) is 3.40. The molecule has 0 bridgehead atoms. The van der Waals surface area contributed by atoms with Gasteiger partial charge >= 0.3 is 5.97 Å². The van der Waals surface area contributed by atoms with Gasteiger partial charge in [-0.1, -0.05) is 12.1 Å². The van der Waals surface area contributed by atoms with Crippen molar-refractivity contribution in [1.82, 2.24) is 19.9 Å². The molecule has 1 atom stereocenters. The molecule has 0 radical (unpaired) electrons. The molecule has 0 saturated carbocycles. The van der Waals surface area contributed by atoms with E-state index in [1.807, 2.05) is 0 Å². The fourth-order valence-corrected chi connectivity index (χ4v) is 2.07. The van der Waals surface area contributed by atoms with Gasteiger partial charge in [-0.15, -0.1) is 0 Å². The molecule has 0 saturated heterocycles. The Kier molecular flexibility index (Phi) is 3.84. The molecule has 1 N–H and O–H groups in total. The lowest BCUT2D eigenvalue weighted by atomic mass is 10.2. The van der Waals surface area contributed by atoms with Crippen molar-refractivity contribution in [1.29, 1.82) is 0 Å². The lowest BCUT2D eigenvalue weighted by molar-refractivity contribution is 0.0312. The first-order valence-electron chi connectivity index (χ1n) is 7.03. The van der Waals surface area contributed by atoms with E-state index in [1.54, 1.807) is 38.1 Å². The number of aromatic nitrogens is 4. The number of para-hydroxylation sites is 1. The number of hydrogen-bond acceptors (Lipinski definition) is 6. The summed E-state index contributed by atoms with van der Waals surface area (Å²) in [5.41, 5.74) is 1.08. The Morgan fingerprint density at radius 2 is 2.00 bits per heavy atom. The molecule has 0 amide bonds. The maximum Gasteiger partial charge on any atom is 0.359 e. The van der Waals surface area contributed by atoms with Crippen LogP contribution in [-0.2, 0) is 4.74 Å². The van der Waals surface area contributed by atoms with Crippen molar-refractivity contribution in [2.24, 2.45) is 0 Å². The van der Waals surface area contributed by atoms with E-state index in [0.29, 0.717) is 16.6 Å². The standard InChI is InChI=1S/C16H14N4O3/c1-9-7-18-13(8-17-9)16(22)23-10(2)14-19-12-6-4-3-5-11(12)15(21)20-14/h3-8,10H,1-2H3,(H,19,20,21)/t10-/m1/s1. The van der Waals surface area contributed by atoms with Crippen molar-refractivity contribution in [3.63, 3.8) is 0 Å². The molecule has 7 nitrogen and oxygen atoms in total. The summed E-state index contributed by atoms with van der Waals surface area (Å²) in [6, 6.07) is 6.97. The van der Waals surface area contributed by atoms with E-state index in [9.17, 15) is 9.59 Å². The molecule has 2 aromatic heterocycles. The minimum Gasteiger partial charge on any atom is -0.450 e. The average Bonchev–Trinajstić information content (AvgIpc) is 2.55. The molecule has 3 aromatic rings. The number of nitrogens with zero attached hydrogens (tertiary/aromatic N) is 3. The van der Waals surface area contributed by atoms with Crippen LogP contribution in [0.4, 0.5) is 0 Å². The largest absolute Gasteiger partial charge is 0.450 e. The van der Waals surface area contributed by atoms with E-state index in [2.05, 4.69) is 19.9 Å². The number of rotatable bonds is 3. The van der Waals surface area contributed by atoms with E-state index in [1.165, 1.54) is 12.4 Å². The third-order valence-electron chi connectivity index (χ3n) is 3.29. The summed E-state index contributed by atoms with van der Waals surface area (Å²) < 4.78 is 5.29. The van der Waals surface area contributed by atoms with Crippen molar-refractivity contribution in [3.05, 3.63) is 64.2 Å². The Labute approximate surface area is 131 Å². The molecular formula is C16H14N4O3. The minimum atomic E-state index is -0.720. The molecule has 0 spiro atoms. The molecule has 2 heterocycles. The van der Waals surface area contributed by atoms with Crippen molar-refractivity contribution in [2.45, 2.75) is 20.0 Å². The zero-order chi connectivity index (χ0) is 16.4. The fourth-order valence-electron chi connectivity index (χ4n) is 2.07. The van der Waals surface area contributed by atoms with Gasteiger partial charge in [-0.25, -0.2) is 14.8 Å². The van der Waals surface area contributed by atoms with Crippen LogP contribution < -0.4 is 5.56 Å². The highest BCUT2D eigenvalue weighted by molar-refractivity contribution is 5.87. The third-order valence-corrected chi connectivity index (χ3v) is 3.29. The van der Waals surface area contributed by atoms with Crippen LogP contribution in [-0.4, -0.2) is 25.9 Å². The molecule has 0 fully saturated rings. The molecule has 1 aromatic carbocycles. The zero-order valence-electron chi connectivity index (χ0n) is 12.6. The Bertz CT molecular complexity index is 919. The number of esters is 1. The van der Waals surface area contributed by atoms with Crippen LogP contribution in [0.25, 0.3) is 10.9 Å². The van der Waals surface area contributed by atoms with Crippen LogP contribution in [0.2, 0.25) is 0 Å². The van der Waals surface area contributed by atoms with Gasteiger partial charge in [0.2, 0.25) is 0 Å². The monoisotopic (exact) mass is 310 g/mol. The summed E-state index contributed by atoms with van der Waals surface area (Å²) in [5.74, 6) is -0.345. The third kappa shape index (κ3) is 3.08. The van der Waals surface area contributed by atoms with E-state index < -0.39 is 12.1 Å². The van der Waals surface area contributed by atoms with Gasteiger partial charge in [0.1, 0.15) is 0 Å². The lowest BCUT2D eigenvalue weighted by Gasteiger charge is -2.12. The van der Waals surface area contributed by atoms with E-state index >= 15 is 0 Å². The van der Waals surface area contributed by atoms with Crippen molar-refractivity contribution < 1.29 is 9.53 Å². The van der Waals surface area contributed by atoms with Crippen LogP contribution in [0.3, 0.4) is 0 Å². The van der Waals surface area contributed by atoms with Gasteiger partial charge in [0.05, 0.1) is 22.8 Å². The van der Waals surface area contributed by atoms with Gasteiger partial charge in [0.15, 0.2) is 17.6 Å². The first-order chi connectivity index (χ1) is 11.0. The van der Waals surface area contributed by atoms with Crippen molar-refractivity contribution in [3.8, 4) is 0 Å². The molecule has 116 valence electrons. The summed E-state index contributed by atoms with van der Waals surface area (Å²) in [6.07, 6.45) is 2.11. The number of ether oxygens (including phenoxy) is 1. The summed E-state index contributed by atoms with van der Waals surface area (Å²) >= 11 is 0. The number of benzene rings is 1. The maximum absolute atomic E-state index is 12.0. The van der Waals surface area contributed by atoms with Gasteiger partial charge < -0.3 is 9.72 Å². The second-order valence-electron chi connectivity index (χ2n) is 5.06. The highest BCUT2D eigenvalue weighted by Crippen LogP contribution is 2.15. The second kappa shape index (κ2) is 5.96. The Balaban J connectivity index is 1.85. The lowest BCUT2D eigenvalue weighted by Crippen LogP contribution is -2.18. The molecule has 0 unspecified atom stereocenters. The molecule has 23 heavy (non-hydrogen) atoms. The van der Waals surface area contributed by atoms with E-state index in [4.69, 9.17) is 4.74 Å². The van der Waals surface area contributed by atoms with Crippen LogP contribution in [0.15, 0.2) is 41.5 Å². The molecule has 0 aliphatic rings.